The van der Waals surface area contributed by atoms with E-state index in [-0.39, 0.29) is 38.2 Å². The van der Waals surface area contributed by atoms with E-state index in [1.54, 1.807) is 0 Å². The van der Waals surface area contributed by atoms with E-state index in [4.69, 9.17) is 16.0 Å². The third kappa shape index (κ3) is 5.51. The van der Waals surface area contributed by atoms with Gasteiger partial charge in [0.15, 0.2) is 5.76 Å². The second-order valence-corrected chi connectivity index (χ2v) is 8.55. The van der Waals surface area contributed by atoms with E-state index in [9.17, 15) is 22.8 Å². The number of nitrogens with one attached hydrogen (secondary N) is 2. The summed E-state index contributed by atoms with van der Waals surface area (Å²) in [5, 5.41) is 2.57. The molecule has 0 radical (unpaired) electrons. The summed E-state index contributed by atoms with van der Waals surface area (Å²) in [6.45, 7) is 0. The SMILES string of the molecule is COC(=O)c1cc(NS(=O)(=O)c2ccc(Cl)c(NC(=O)c3ccco3)c2)cc(C(=O)OC)c1. The lowest BCUT2D eigenvalue weighted by molar-refractivity contribution is 0.0599. The van der Waals surface area contributed by atoms with Crippen LogP contribution in [-0.2, 0) is 19.5 Å². The van der Waals surface area contributed by atoms with Gasteiger partial charge in [-0.3, -0.25) is 9.52 Å². The molecule has 0 unspecified atom stereocenters. The molecule has 10 nitrogen and oxygen atoms in total. The second kappa shape index (κ2) is 9.76. The van der Waals surface area contributed by atoms with E-state index in [0.717, 1.165) is 20.3 Å². The van der Waals surface area contributed by atoms with Gasteiger partial charge >= 0.3 is 11.9 Å². The first kappa shape index (κ1) is 23.8. The summed E-state index contributed by atoms with van der Waals surface area (Å²) in [6, 6.07) is 10.2. The van der Waals surface area contributed by atoms with Gasteiger partial charge in [-0.25, -0.2) is 18.0 Å². The van der Waals surface area contributed by atoms with Crippen LogP contribution in [0.2, 0.25) is 5.02 Å². The molecule has 2 aromatic carbocycles. The molecule has 1 amide bonds. The standard InChI is InChI=1S/C21H17ClN2O8S/c1-30-20(26)12-8-13(21(27)31-2)10-14(9-12)24-33(28,29)15-5-6-16(22)17(11-15)23-19(25)18-4-3-7-32-18/h3-11,24H,1-2H3,(H,23,25). The molecule has 0 saturated heterocycles. The van der Waals surface area contributed by atoms with Gasteiger partial charge in [-0.15, -0.1) is 0 Å². The number of hydrogen-bond donors (Lipinski definition) is 2. The highest BCUT2D eigenvalue weighted by Crippen LogP contribution is 2.28. The van der Waals surface area contributed by atoms with Crippen molar-refractivity contribution in [3.8, 4) is 0 Å². The molecule has 0 fully saturated rings. The number of ether oxygens (including phenoxy) is 2. The van der Waals surface area contributed by atoms with Gasteiger partial charge in [0.05, 0.1) is 52.9 Å². The van der Waals surface area contributed by atoms with E-state index < -0.39 is 27.9 Å². The zero-order valence-corrected chi connectivity index (χ0v) is 18.8. The maximum Gasteiger partial charge on any atom is 0.337 e. The number of rotatable bonds is 7. The molecule has 0 aliphatic heterocycles. The van der Waals surface area contributed by atoms with Crippen LogP contribution >= 0.6 is 11.6 Å². The number of anilines is 2. The Kier molecular flexibility index (Phi) is 7.04. The zero-order chi connectivity index (χ0) is 24.2. The topological polar surface area (TPSA) is 141 Å². The Bertz CT molecular complexity index is 1290. The number of benzene rings is 2. The minimum Gasteiger partial charge on any atom is -0.465 e. The number of amides is 1. The first-order valence-electron chi connectivity index (χ1n) is 9.13. The molecule has 0 atom stereocenters. The fourth-order valence-electron chi connectivity index (χ4n) is 2.73. The van der Waals surface area contributed by atoms with Crippen molar-refractivity contribution in [3.05, 3.63) is 76.7 Å². The lowest BCUT2D eigenvalue weighted by Crippen LogP contribution is -2.16. The molecule has 12 heteroatoms. The van der Waals surface area contributed by atoms with Crippen LogP contribution in [-0.4, -0.2) is 40.5 Å². The smallest absolute Gasteiger partial charge is 0.337 e. The van der Waals surface area contributed by atoms with Gasteiger partial charge in [-0.05, 0) is 48.5 Å². The minimum atomic E-state index is -4.23. The average molecular weight is 493 g/mol. The molecule has 1 heterocycles. The Hall–Kier alpha value is -3.83. The average Bonchev–Trinajstić information content (AvgIpc) is 3.34. The van der Waals surface area contributed by atoms with Crippen molar-refractivity contribution in [1.29, 1.82) is 0 Å². The van der Waals surface area contributed by atoms with Gasteiger partial charge < -0.3 is 19.2 Å². The van der Waals surface area contributed by atoms with Crippen molar-refractivity contribution < 1.29 is 36.7 Å². The summed E-state index contributed by atoms with van der Waals surface area (Å²) in [5.74, 6) is -2.18. The number of carbonyl (C=O) groups excluding carboxylic acids is 3. The van der Waals surface area contributed by atoms with Gasteiger partial charge in [-0.1, -0.05) is 11.6 Å². The van der Waals surface area contributed by atoms with Crippen molar-refractivity contribution in [2.45, 2.75) is 4.90 Å². The van der Waals surface area contributed by atoms with Crippen molar-refractivity contribution in [2.75, 3.05) is 24.3 Å². The largest absolute Gasteiger partial charge is 0.465 e. The van der Waals surface area contributed by atoms with Gasteiger partial charge in [0.25, 0.3) is 15.9 Å². The number of furan rings is 1. The molecule has 3 rings (SSSR count). The number of hydrogen-bond acceptors (Lipinski definition) is 8. The Morgan fingerprint density at radius 3 is 2.12 bits per heavy atom. The van der Waals surface area contributed by atoms with Crippen molar-refractivity contribution in [1.82, 2.24) is 0 Å². The van der Waals surface area contributed by atoms with Crippen LogP contribution in [0.25, 0.3) is 0 Å². The van der Waals surface area contributed by atoms with E-state index in [1.807, 2.05) is 0 Å². The number of esters is 2. The summed E-state index contributed by atoms with van der Waals surface area (Å²) in [5.41, 5.74) is -0.199. The van der Waals surface area contributed by atoms with E-state index in [0.29, 0.717) is 0 Å². The van der Waals surface area contributed by atoms with E-state index in [2.05, 4.69) is 19.5 Å². The van der Waals surface area contributed by atoms with Crippen LogP contribution in [0.3, 0.4) is 0 Å². The van der Waals surface area contributed by atoms with Crippen molar-refractivity contribution in [2.24, 2.45) is 0 Å². The molecule has 0 aliphatic carbocycles. The van der Waals surface area contributed by atoms with E-state index >= 15 is 0 Å². The third-order valence-corrected chi connectivity index (χ3v) is 5.98. The minimum absolute atomic E-state index is 0.00687. The highest BCUT2D eigenvalue weighted by molar-refractivity contribution is 7.92. The first-order chi connectivity index (χ1) is 15.6. The molecule has 172 valence electrons. The van der Waals surface area contributed by atoms with Crippen LogP contribution in [0, 0.1) is 0 Å². The summed E-state index contributed by atoms with van der Waals surface area (Å²) < 4.78 is 42.5. The van der Waals surface area contributed by atoms with Crippen LogP contribution < -0.4 is 10.0 Å². The van der Waals surface area contributed by atoms with Crippen molar-refractivity contribution in [3.63, 3.8) is 0 Å². The fraction of sp³-hybridized carbons (Fsp3) is 0.0952. The van der Waals surface area contributed by atoms with Crippen LogP contribution in [0.15, 0.2) is 64.1 Å². The fourth-order valence-corrected chi connectivity index (χ4v) is 3.96. The Morgan fingerprint density at radius 2 is 1.58 bits per heavy atom. The number of carbonyl (C=O) groups is 3. The molecule has 1 aromatic heterocycles. The molecule has 2 N–H and O–H groups in total. The Labute approximate surface area is 193 Å². The maximum absolute atomic E-state index is 13.0. The summed E-state index contributed by atoms with van der Waals surface area (Å²) in [6.07, 6.45) is 1.31. The first-order valence-corrected chi connectivity index (χ1v) is 11.0. The maximum atomic E-state index is 13.0. The van der Waals surface area contributed by atoms with E-state index in [1.165, 1.54) is 48.7 Å². The third-order valence-electron chi connectivity index (χ3n) is 4.27. The lowest BCUT2D eigenvalue weighted by Gasteiger charge is -2.13. The number of methoxy groups -OCH3 is 2. The van der Waals surface area contributed by atoms with Gasteiger partial charge in [0.2, 0.25) is 0 Å². The summed E-state index contributed by atoms with van der Waals surface area (Å²) in [7, 11) is -1.94. The molecule has 0 saturated carbocycles. The Balaban J connectivity index is 1.94. The zero-order valence-electron chi connectivity index (χ0n) is 17.2. The number of halogens is 1. The molecule has 33 heavy (non-hydrogen) atoms. The molecular formula is C21H17ClN2O8S. The molecule has 0 bridgehead atoms. The van der Waals surface area contributed by atoms with Crippen LogP contribution in [0.5, 0.6) is 0 Å². The van der Waals surface area contributed by atoms with Crippen LogP contribution in [0.1, 0.15) is 31.3 Å². The predicted octanol–water partition coefficient (Wildman–Crippen LogP) is 3.56. The highest BCUT2D eigenvalue weighted by Gasteiger charge is 2.21. The summed E-state index contributed by atoms with van der Waals surface area (Å²) >= 11 is 6.09. The van der Waals surface area contributed by atoms with Gasteiger partial charge in [-0.2, -0.15) is 0 Å². The van der Waals surface area contributed by atoms with Crippen molar-refractivity contribution >= 4 is 50.8 Å². The predicted molar refractivity (Wildman–Crippen MR) is 118 cm³/mol. The second-order valence-electron chi connectivity index (χ2n) is 6.46. The monoisotopic (exact) mass is 492 g/mol. The quantitative estimate of drug-likeness (QED) is 0.477. The molecule has 3 aromatic rings. The van der Waals surface area contributed by atoms with Gasteiger partial charge in [0, 0.05) is 0 Å². The lowest BCUT2D eigenvalue weighted by atomic mass is 10.1. The molecule has 0 spiro atoms. The molecule has 0 aliphatic rings. The highest BCUT2D eigenvalue weighted by atomic mass is 35.5. The van der Waals surface area contributed by atoms with Gasteiger partial charge in [0.1, 0.15) is 0 Å². The normalized spacial score (nSPS) is 10.9. The summed E-state index contributed by atoms with van der Waals surface area (Å²) in [4.78, 5) is 35.8. The molecular weight excluding hydrogens is 476 g/mol. The Morgan fingerprint density at radius 1 is 0.939 bits per heavy atom. The number of sulfonamides is 1. The van der Waals surface area contributed by atoms with Crippen LogP contribution in [0.4, 0.5) is 11.4 Å².